The Morgan fingerprint density at radius 1 is 1.12 bits per heavy atom. The van der Waals surface area contributed by atoms with Crippen molar-refractivity contribution in [2.75, 3.05) is 5.73 Å². The molecule has 2 aromatic heterocycles. The number of aromatic nitrogens is 2. The van der Waals surface area contributed by atoms with E-state index in [0.29, 0.717) is 5.13 Å². The number of nitrogens with zero attached hydrogens (tertiary/aromatic N) is 2. The second kappa shape index (κ2) is 5.80. The summed E-state index contributed by atoms with van der Waals surface area (Å²) in [5.74, 6) is 0. The molecule has 2 heterocycles. The molecule has 0 aliphatic rings. The van der Waals surface area contributed by atoms with E-state index in [9.17, 15) is 8.42 Å². The predicted octanol–water partition coefficient (Wildman–Crippen LogP) is 3.02. The summed E-state index contributed by atoms with van der Waals surface area (Å²) in [7, 11) is -3.63. The molecule has 0 bridgehead atoms. The van der Waals surface area contributed by atoms with Gasteiger partial charge in [-0.25, -0.2) is 18.1 Å². The molecule has 0 unspecified atom stereocenters. The maximum Gasteiger partial charge on any atom is 0.242 e. The van der Waals surface area contributed by atoms with E-state index in [1.54, 1.807) is 33.0 Å². The van der Waals surface area contributed by atoms with Crippen LogP contribution < -0.4 is 10.5 Å². The van der Waals surface area contributed by atoms with Crippen LogP contribution in [-0.4, -0.2) is 23.9 Å². The Morgan fingerprint density at radius 3 is 2.58 bits per heavy atom. The molecular formula is C16H18N4O2S2. The SMILES string of the molecule is CC(C)(C)NS(=O)(=O)c1cncc(-c2ccc3nc(N)sc3c2)c1. The maximum absolute atomic E-state index is 12.5. The minimum Gasteiger partial charge on any atom is -0.375 e. The van der Waals surface area contributed by atoms with E-state index in [1.807, 2.05) is 18.2 Å². The van der Waals surface area contributed by atoms with Crippen LogP contribution in [0.3, 0.4) is 0 Å². The van der Waals surface area contributed by atoms with Gasteiger partial charge in [0, 0.05) is 23.5 Å². The Balaban J connectivity index is 2.03. The highest BCUT2D eigenvalue weighted by atomic mass is 32.2. The van der Waals surface area contributed by atoms with Crippen LogP contribution in [0, 0.1) is 0 Å². The van der Waals surface area contributed by atoms with Gasteiger partial charge in [-0.2, -0.15) is 0 Å². The van der Waals surface area contributed by atoms with Crippen molar-refractivity contribution in [1.82, 2.24) is 14.7 Å². The van der Waals surface area contributed by atoms with Gasteiger partial charge < -0.3 is 5.73 Å². The van der Waals surface area contributed by atoms with Gasteiger partial charge in [0.05, 0.1) is 10.2 Å². The molecule has 0 aliphatic heterocycles. The third-order valence-electron chi connectivity index (χ3n) is 3.20. The van der Waals surface area contributed by atoms with Crippen molar-refractivity contribution in [3.8, 4) is 11.1 Å². The van der Waals surface area contributed by atoms with E-state index in [4.69, 9.17) is 5.73 Å². The smallest absolute Gasteiger partial charge is 0.242 e. The first-order valence-electron chi connectivity index (χ1n) is 7.29. The van der Waals surface area contributed by atoms with Crippen LogP contribution in [0.15, 0.2) is 41.6 Å². The highest BCUT2D eigenvalue weighted by molar-refractivity contribution is 7.89. The van der Waals surface area contributed by atoms with Gasteiger partial charge in [-0.3, -0.25) is 4.98 Å². The number of anilines is 1. The first-order valence-corrected chi connectivity index (χ1v) is 9.59. The van der Waals surface area contributed by atoms with Gasteiger partial charge in [-0.15, -0.1) is 0 Å². The van der Waals surface area contributed by atoms with Crippen molar-refractivity contribution >= 4 is 36.7 Å². The fourth-order valence-corrected chi connectivity index (χ4v) is 4.49. The van der Waals surface area contributed by atoms with Gasteiger partial charge >= 0.3 is 0 Å². The lowest BCUT2D eigenvalue weighted by molar-refractivity contribution is 0.491. The Morgan fingerprint density at radius 2 is 1.88 bits per heavy atom. The first kappa shape index (κ1) is 16.8. The van der Waals surface area contributed by atoms with Crippen LogP contribution in [0.5, 0.6) is 0 Å². The van der Waals surface area contributed by atoms with E-state index < -0.39 is 15.6 Å². The van der Waals surface area contributed by atoms with Crippen LogP contribution in [0.4, 0.5) is 5.13 Å². The van der Waals surface area contributed by atoms with E-state index >= 15 is 0 Å². The molecule has 8 heteroatoms. The molecule has 0 fully saturated rings. The Labute approximate surface area is 144 Å². The van der Waals surface area contributed by atoms with Crippen molar-refractivity contribution in [2.24, 2.45) is 0 Å². The van der Waals surface area contributed by atoms with Gasteiger partial charge in [0.2, 0.25) is 10.0 Å². The number of sulfonamides is 1. The van der Waals surface area contributed by atoms with Crippen LogP contribution >= 0.6 is 11.3 Å². The monoisotopic (exact) mass is 362 g/mol. The molecule has 3 aromatic rings. The molecule has 0 spiro atoms. The van der Waals surface area contributed by atoms with E-state index in [-0.39, 0.29) is 4.90 Å². The molecule has 0 saturated carbocycles. The predicted molar refractivity (Wildman–Crippen MR) is 97.3 cm³/mol. The second-order valence-corrected chi connectivity index (χ2v) is 9.24. The molecule has 126 valence electrons. The number of benzene rings is 1. The Hall–Kier alpha value is -2.03. The summed E-state index contributed by atoms with van der Waals surface area (Å²) in [5, 5.41) is 0.506. The number of nitrogens with two attached hydrogens (primary N) is 1. The average Bonchev–Trinajstić information content (AvgIpc) is 2.84. The summed E-state index contributed by atoms with van der Waals surface area (Å²) >= 11 is 1.39. The number of thiazole rings is 1. The fraction of sp³-hybridized carbons (Fsp3) is 0.250. The maximum atomic E-state index is 12.5. The third-order valence-corrected chi connectivity index (χ3v) is 5.77. The summed E-state index contributed by atoms with van der Waals surface area (Å²) in [6, 6.07) is 7.30. The highest BCUT2D eigenvalue weighted by Gasteiger charge is 2.22. The minimum atomic E-state index is -3.63. The van der Waals surface area contributed by atoms with Crippen LogP contribution in [0.2, 0.25) is 0 Å². The van der Waals surface area contributed by atoms with E-state index in [1.165, 1.54) is 17.5 Å². The number of rotatable bonds is 3. The molecule has 0 saturated heterocycles. The standard InChI is InChI=1S/C16H18N4O2S2/c1-16(2,3)20-24(21,22)12-6-11(8-18-9-12)10-4-5-13-14(7-10)23-15(17)19-13/h4-9,20H,1-3H3,(H2,17,19). The summed E-state index contributed by atoms with van der Waals surface area (Å²) in [4.78, 5) is 8.44. The molecule has 24 heavy (non-hydrogen) atoms. The van der Waals surface area contributed by atoms with Crippen LogP contribution in [-0.2, 0) is 10.0 Å². The van der Waals surface area contributed by atoms with Crippen molar-refractivity contribution < 1.29 is 8.42 Å². The summed E-state index contributed by atoms with van der Waals surface area (Å²) in [5.41, 5.74) is 7.58. The molecule has 0 radical (unpaired) electrons. The minimum absolute atomic E-state index is 0.138. The molecule has 6 nitrogen and oxygen atoms in total. The van der Waals surface area contributed by atoms with Crippen molar-refractivity contribution in [1.29, 1.82) is 0 Å². The first-order chi connectivity index (χ1) is 11.1. The molecule has 1 aromatic carbocycles. The molecule has 0 amide bonds. The average molecular weight is 362 g/mol. The van der Waals surface area contributed by atoms with Crippen LogP contribution in [0.25, 0.3) is 21.3 Å². The summed E-state index contributed by atoms with van der Waals surface area (Å²) in [6.45, 7) is 5.39. The zero-order chi connectivity index (χ0) is 17.5. The van der Waals surface area contributed by atoms with Crippen molar-refractivity contribution in [3.63, 3.8) is 0 Å². The molecule has 0 aliphatic carbocycles. The highest BCUT2D eigenvalue weighted by Crippen LogP contribution is 2.29. The molecular weight excluding hydrogens is 344 g/mol. The molecule has 3 N–H and O–H groups in total. The van der Waals surface area contributed by atoms with Crippen molar-refractivity contribution in [3.05, 3.63) is 36.7 Å². The zero-order valence-electron chi connectivity index (χ0n) is 13.6. The number of nitrogens with one attached hydrogen (secondary N) is 1. The van der Waals surface area contributed by atoms with Gasteiger partial charge in [0.25, 0.3) is 0 Å². The quantitative estimate of drug-likeness (QED) is 0.746. The normalized spacial score (nSPS) is 12.6. The molecule has 0 atom stereocenters. The van der Waals surface area contributed by atoms with Gasteiger partial charge in [-0.1, -0.05) is 17.4 Å². The lowest BCUT2D eigenvalue weighted by atomic mass is 10.1. The lowest BCUT2D eigenvalue weighted by Crippen LogP contribution is -2.40. The number of hydrogen-bond donors (Lipinski definition) is 2. The van der Waals surface area contributed by atoms with Gasteiger partial charge in [-0.05, 0) is 44.5 Å². The summed E-state index contributed by atoms with van der Waals surface area (Å²) < 4.78 is 28.5. The number of nitrogen functional groups attached to an aromatic ring is 1. The zero-order valence-corrected chi connectivity index (χ0v) is 15.2. The fourth-order valence-electron chi connectivity index (χ4n) is 2.31. The number of pyridine rings is 1. The number of fused-ring (bicyclic) bond motifs is 1. The summed E-state index contributed by atoms with van der Waals surface area (Å²) in [6.07, 6.45) is 2.99. The van der Waals surface area contributed by atoms with Gasteiger partial charge in [0.15, 0.2) is 5.13 Å². The van der Waals surface area contributed by atoms with Crippen molar-refractivity contribution in [2.45, 2.75) is 31.2 Å². The topological polar surface area (TPSA) is 98.0 Å². The second-order valence-electron chi connectivity index (χ2n) is 6.50. The van der Waals surface area contributed by atoms with E-state index in [2.05, 4.69) is 14.7 Å². The Bertz CT molecular complexity index is 1000. The number of hydrogen-bond acceptors (Lipinski definition) is 6. The molecule has 3 rings (SSSR count). The van der Waals surface area contributed by atoms with Crippen LogP contribution in [0.1, 0.15) is 20.8 Å². The third kappa shape index (κ3) is 3.55. The van der Waals surface area contributed by atoms with E-state index in [0.717, 1.165) is 21.3 Å². The Kier molecular flexibility index (Phi) is 4.06. The largest absolute Gasteiger partial charge is 0.375 e. The lowest BCUT2D eigenvalue weighted by Gasteiger charge is -2.20. The van der Waals surface area contributed by atoms with Gasteiger partial charge in [0.1, 0.15) is 4.90 Å².